The number of nitrogens with one attached hydrogen (secondary N) is 1. The van der Waals surface area contributed by atoms with E-state index in [1.807, 2.05) is 21.6 Å². The first-order chi connectivity index (χ1) is 16.6. The van der Waals surface area contributed by atoms with Crippen molar-refractivity contribution in [2.75, 3.05) is 12.3 Å². The zero-order valence-corrected chi connectivity index (χ0v) is 20.7. The van der Waals surface area contributed by atoms with Gasteiger partial charge in [-0.15, -0.1) is 10.2 Å². The van der Waals surface area contributed by atoms with Crippen LogP contribution in [-0.2, 0) is 16.1 Å². The van der Waals surface area contributed by atoms with Crippen LogP contribution in [-0.4, -0.2) is 54.8 Å². The van der Waals surface area contributed by atoms with Gasteiger partial charge in [0.1, 0.15) is 0 Å². The summed E-state index contributed by atoms with van der Waals surface area (Å²) in [6, 6.07) is 4.03. The molecule has 4 unspecified atom stereocenters. The van der Waals surface area contributed by atoms with Gasteiger partial charge in [0.25, 0.3) is 0 Å². The monoisotopic (exact) mass is 482 g/mol. The number of pyridine rings is 1. The van der Waals surface area contributed by atoms with Gasteiger partial charge in [-0.25, -0.2) is 0 Å². The first-order valence-corrected chi connectivity index (χ1v) is 13.6. The molecule has 2 aromatic heterocycles. The molecule has 34 heavy (non-hydrogen) atoms. The van der Waals surface area contributed by atoms with E-state index in [4.69, 9.17) is 0 Å². The second-order valence-corrected chi connectivity index (χ2v) is 11.0. The first-order valence-electron chi connectivity index (χ1n) is 12.6. The summed E-state index contributed by atoms with van der Waals surface area (Å²) >= 11 is 1.38. The van der Waals surface area contributed by atoms with E-state index in [1.54, 1.807) is 12.4 Å². The molecule has 3 heterocycles. The molecule has 0 radical (unpaired) electrons. The van der Waals surface area contributed by atoms with Crippen molar-refractivity contribution in [1.82, 2.24) is 30.0 Å². The summed E-state index contributed by atoms with van der Waals surface area (Å²) in [5, 5.41) is 12.7. The van der Waals surface area contributed by atoms with Gasteiger partial charge in [-0.1, -0.05) is 24.6 Å². The Morgan fingerprint density at radius 1 is 1.24 bits per heavy atom. The van der Waals surface area contributed by atoms with Crippen molar-refractivity contribution in [3.63, 3.8) is 0 Å². The molecule has 2 aliphatic carbocycles. The third-order valence-corrected chi connectivity index (χ3v) is 8.69. The van der Waals surface area contributed by atoms with Gasteiger partial charge in [0.15, 0.2) is 11.0 Å². The number of hydrogen-bond acceptors (Lipinski definition) is 6. The Labute approximate surface area is 205 Å². The number of aromatic nitrogens is 4. The molecule has 2 aromatic rings. The number of carbonyl (C=O) groups is 2. The zero-order chi connectivity index (χ0) is 23.5. The van der Waals surface area contributed by atoms with E-state index in [-0.39, 0.29) is 23.6 Å². The molecule has 2 amide bonds. The third-order valence-electron chi connectivity index (χ3n) is 7.76. The average molecular weight is 483 g/mol. The normalized spacial score (nSPS) is 25.4. The van der Waals surface area contributed by atoms with Crippen molar-refractivity contribution >= 4 is 23.6 Å². The first kappa shape index (κ1) is 23.3. The lowest BCUT2D eigenvalue weighted by Crippen LogP contribution is -2.40. The Morgan fingerprint density at radius 3 is 2.91 bits per heavy atom. The molecular weight excluding hydrogens is 448 g/mol. The van der Waals surface area contributed by atoms with Crippen LogP contribution >= 0.6 is 11.8 Å². The van der Waals surface area contributed by atoms with E-state index in [0.29, 0.717) is 29.9 Å². The van der Waals surface area contributed by atoms with Gasteiger partial charge in [0.2, 0.25) is 11.8 Å². The van der Waals surface area contributed by atoms with Gasteiger partial charge in [0, 0.05) is 25.2 Å². The number of hydrogen-bond donors (Lipinski definition) is 1. The summed E-state index contributed by atoms with van der Waals surface area (Å²) in [6.45, 7) is 3.31. The van der Waals surface area contributed by atoms with Crippen LogP contribution < -0.4 is 5.32 Å². The molecule has 0 aromatic carbocycles. The van der Waals surface area contributed by atoms with Gasteiger partial charge in [-0.3, -0.25) is 19.1 Å². The van der Waals surface area contributed by atoms with E-state index < -0.39 is 0 Å². The van der Waals surface area contributed by atoms with E-state index in [9.17, 15) is 9.59 Å². The molecule has 1 saturated heterocycles. The summed E-state index contributed by atoms with van der Waals surface area (Å²) in [4.78, 5) is 31.5. The summed E-state index contributed by atoms with van der Waals surface area (Å²) in [5.74, 6) is 3.45. The van der Waals surface area contributed by atoms with Gasteiger partial charge in [-0.2, -0.15) is 0 Å². The number of likely N-dealkylation sites (tertiary alicyclic amines) is 1. The maximum atomic E-state index is 12.8. The molecule has 4 atom stereocenters. The number of carbonyl (C=O) groups excluding carboxylic acids is 2. The Kier molecular flexibility index (Phi) is 7.18. The van der Waals surface area contributed by atoms with E-state index >= 15 is 0 Å². The third kappa shape index (κ3) is 5.14. The van der Waals surface area contributed by atoms with E-state index in [2.05, 4.69) is 27.4 Å². The molecule has 3 fully saturated rings. The minimum absolute atomic E-state index is 0.0326. The summed E-state index contributed by atoms with van der Waals surface area (Å²) in [6.07, 6.45) is 12.4. The fourth-order valence-electron chi connectivity index (χ4n) is 6.06. The highest BCUT2D eigenvalue weighted by Gasteiger charge is 2.42. The second kappa shape index (κ2) is 10.5. The Hall–Kier alpha value is -2.42. The second-order valence-electron chi connectivity index (χ2n) is 10.1. The minimum Gasteiger partial charge on any atom is -0.353 e. The Balaban J connectivity index is 1.26. The van der Waals surface area contributed by atoms with Crippen LogP contribution in [0.2, 0.25) is 0 Å². The van der Waals surface area contributed by atoms with Gasteiger partial charge in [0.05, 0.1) is 24.2 Å². The highest BCUT2D eigenvalue weighted by Crippen LogP contribution is 2.49. The molecular formula is C25H34N6O2S. The van der Waals surface area contributed by atoms with Crippen molar-refractivity contribution in [2.45, 2.75) is 76.0 Å². The van der Waals surface area contributed by atoms with Crippen molar-refractivity contribution in [1.29, 1.82) is 0 Å². The van der Waals surface area contributed by atoms with Crippen LogP contribution in [0.4, 0.5) is 0 Å². The predicted octanol–water partition coefficient (Wildman–Crippen LogP) is 3.60. The quantitative estimate of drug-likeness (QED) is 0.578. The molecule has 1 aliphatic heterocycles. The molecule has 5 rings (SSSR count). The average Bonchev–Trinajstić information content (AvgIpc) is 3.54. The maximum Gasteiger partial charge on any atom is 0.230 e. The Bertz CT molecular complexity index is 1010. The highest BCUT2D eigenvalue weighted by molar-refractivity contribution is 7.99. The maximum absolute atomic E-state index is 12.8. The number of amides is 2. The number of thioether (sulfide) groups is 1. The van der Waals surface area contributed by atoms with Gasteiger partial charge < -0.3 is 10.2 Å². The molecule has 2 saturated carbocycles. The smallest absolute Gasteiger partial charge is 0.230 e. The number of rotatable bonds is 8. The van der Waals surface area contributed by atoms with Crippen LogP contribution in [0.25, 0.3) is 5.69 Å². The van der Waals surface area contributed by atoms with Crippen LogP contribution in [0.15, 0.2) is 29.7 Å². The van der Waals surface area contributed by atoms with Crippen molar-refractivity contribution in [2.24, 2.45) is 17.8 Å². The Morgan fingerprint density at radius 2 is 2.15 bits per heavy atom. The van der Waals surface area contributed by atoms with Crippen molar-refractivity contribution in [3.05, 3.63) is 30.4 Å². The van der Waals surface area contributed by atoms with Crippen LogP contribution in [0, 0.1) is 17.8 Å². The highest BCUT2D eigenvalue weighted by atomic mass is 32.2. The summed E-state index contributed by atoms with van der Waals surface area (Å²) in [5.41, 5.74) is 0.836. The molecule has 182 valence electrons. The van der Waals surface area contributed by atoms with Crippen LogP contribution in [0.1, 0.15) is 64.1 Å². The molecule has 1 N–H and O–H groups in total. The lowest BCUT2D eigenvalue weighted by molar-refractivity contribution is -0.131. The number of nitrogens with zero attached hydrogens (tertiary/aromatic N) is 5. The van der Waals surface area contributed by atoms with Crippen molar-refractivity contribution in [3.8, 4) is 5.69 Å². The van der Waals surface area contributed by atoms with Crippen molar-refractivity contribution < 1.29 is 9.59 Å². The lowest BCUT2D eigenvalue weighted by Gasteiger charge is -2.28. The summed E-state index contributed by atoms with van der Waals surface area (Å²) < 4.78 is 1.93. The molecule has 2 bridgehead atoms. The standard InChI is InChI=1S/C25H34N6O2S/c1-17(21-13-18-8-9-19(21)12-18)27-23(32)16-34-25-29-28-22(31(25)20-6-5-10-26-14-20)15-30-11-4-2-3-7-24(30)33/h5-6,10,14,17-19,21H,2-4,7-9,11-13,15-16H2,1H3,(H,27,32). The van der Waals surface area contributed by atoms with Gasteiger partial charge >= 0.3 is 0 Å². The van der Waals surface area contributed by atoms with E-state index in [1.165, 1.54) is 37.4 Å². The van der Waals surface area contributed by atoms with E-state index in [0.717, 1.165) is 43.3 Å². The fraction of sp³-hybridized carbons (Fsp3) is 0.640. The van der Waals surface area contributed by atoms with Crippen LogP contribution in [0.5, 0.6) is 0 Å². The minimum atomic E-state index is 0.0326. The SMILES string of the molecule is CC(NC(=O)CSc1nnc(CN2CCCCCC2=O)n1-c1cccnc1)C1CC2CCC1C2. The predicted molar refractivity (Wildman–Crippen MR) is 130 cm³/mol. The lowest BCUT2D eigenvalue weighted by atomic mass is 9.84. The molecule has 9 heteroatoms. The fourth-order valence-corrected chi connectivity index (χ4v) is 6.84. The topological polar surface area (TPSA) is 93.0 Å². The number of fused-ring (bicyclic) bond motifs is 2. The molecule has 0 spiro atoms. The molecule has 3 aliphatic rings. The molecule has 8 nitrogen and oxygen atoms in total. The zero-order valence-electron chi connectivity index (χ0n) is 19.9. The van der Waals surface area contributed by atoms with Gasteiger partial charge in [-0.05, 0) is 68.9 Å². The van der Waals surface area contributed by atoms with Crippen LogP contribution in [0.3, 0.4) is 0 Å². The summed E-state index contributed by atoms with van der Waals surface area (Å²) in [7, 11) is 0. The largest absolute Gasteiger partial charge is 0.353 e.